The molecule has 3 aromatic rings. The van der Waals surface area contributed by atoms with Crippen LogP contribution in [0.25, 0.3) is 0 Å². The Morgan fingerprint density at radius 1 is 0.677 bits per heavy atom. The van der Waals surface area contributed by atoms with E-state index in [4.69, 9.17) is 0 Å². The maximum Gasteiger partial charge on any atom is 0.313 e. The molecule has 3 N–H and O–H groups in total. The van der Waals surface area contributed by atoms with Crippen molar-refractivity contribution in [2.75, 3.05) is 5.32 Å². The van der Waals surface area contributed by atoms with Crippen LogP contribution in [-0.4, -0.2) is 17.7 Å². The molecule has 158 valence electrons. The Morgan fingerprint density at radius 3 is 1.87 bits per heavy atom. The highest BCUT2D eigenvalue weighted by Gasteiger charge is 2.17. The number of carbonyl (C=O) groups is 3. The molecule has 0 unspecified atom stereocenters. The number of para-hydroxylation sites is 1. The molecule has 0 heterocycles. The predicted octanol–water partition coefficient (Wildman–Crippen LogP) is 3.49. The smallest absolute Gasteiger partial charge is 0.313 e. The molecule has 3 rings (SSSR count). The normalized spacial score (nSPS) is 10.3. The standard InChI is InChI=1S/C25H25N3O3/c1-17-7-5-9-19(13-17)15-26-23(29)21-11-3-4-12-22(21)28-25(31)24(30)27-16-20-10-6-8-18(2)14-20/h3-14H,15-16H2,1-2H3,(H,26,29)(H,27,30)(H,28,31). The number of benzene rings is 3. The Hall–Kier alpha value is -3.93. The van der Waals surface area contributed by atoms with E-state index in [1.807, 2.05) is 62.4 Å². The van der Waals surface area contributed by atoms with E-state index < -0.39 is 11.8 Å². The molecule has 6 heteroatoms. The van der Waals surface area contributed by atoms with Gasteiger partial charge in [0.25, 0.3) is 5.91 Å². The third-order valence-electron chi connectivity index (χ3n) is 4.70. The van der Waals surface area contributed by atoms with Gasteiger partial charge in [0, 0.05) is 13.1 Å². The van der Waals surface area contributed by atoms with E-state index in [9.17, 15) is 14.4 Å². The molecular weight excluding hydrogens is 390 g/mol. The van der Waals surface area contributed by atoms with Crippen molar-refractivity contribution >= 4 is 23.4 Å². The summed E-state index contributed by atoms with van der Waals surface area (Å²) in [5.41, 5.74) is 4.62. The quantitative estimate of drug-likeness (QED) is 0.539. The SMILES string of the molecule is Cc1cccc(CNC(=O)C(=O)Nc2ccccc2C(=O)NCc2cccc(C)c2)c1. The Bertz CT molecular complexity index is 1110. The van der Waals surface area contributed by atoms with Crippen molar-refractivity contribution in [1.29, 1.82) is 0 Å². The summed E-state index contributed by atoms with van der Waals surface area (Å²) in [5, 5.41) is 7.98. The van der Waals surface area contributed by atoms with Crippen molar-refractivity contribution in [1.82, 2.24) is 10.6 Å². The van der Waals surface area contributed by atoms with E-state index in [-0.39, 0.29) is 23.7 Å². The first-order valence-electron chi connectivity index (χ1n) is 10.00. The molecule has 0 bridgehead atoms. The maximum absolute atomic E-state index is 12.7. The van der Waals surface area contributed by atoms with Gasteiger partial charge in [0.15, 0.2) is 0 Å². The Balaban J connectivity index is 1.60. The van der Waals surface area contributed by atoms with Gasteiger partial charge in [-0.25, -0.2) is 0 Å². The van der Waals surface area contributed by atoms with Gasteiger partial charge in [-0.3, -0.25) is 14.4 Å². The third kappa shape index (κ3) is 6.27. The molecule has 0 aliphatic rings. The van der Waals surface area contributed by atoms with Crippen LogP contribution >= 0.6 is 0 Å². The van der Waals surface area contributed by atoms with Crippen LogP contribution in [0, 0.1) is 13.8 Å². The van der Waals surface area contributed by atoms with Gasteiger partial charge in [-0.1, -0.05) is 71.8 Å². The molecule has 0 atom stereocenters. The van der Waals surface area contributed by atoms with Crippen molar-refractivity contribution < 1.29 is 14.4 Å². The summed E-state index contributed by atoms with van der Waals surface area (Å²) in [6.45, 7) is 4.55. The minimum absolute atomic E-state index is 0.243. The topological polar surface area (TPSA) is 87.3 Å². The molecule has 0 spiro atoms. The van der Waals surface area contributed by atoms with Gasteiger partial charge in [-0.2, -0.15) is 0 Å². The molecule has 0 saturated carbocycles. The Kier molecular flexibility index (Phi) is 7.17. The molecule has 0 radical (unpaired) electrons. The van der Waals surface area contributed by atoms with Gasteiger partial charge in [0.1, 0.15) is 0 Å². The van der Waals surface area contributed by atoms with Crippen LogP contribution in [0.4, 0.5) is 5.69 Å². The zero-order valence-corrected chi connectivity index (χ0v) is 17.6. The van der Waals surface area contributed by atoms with Crippen molar-refractivity contribution in [3.05, 3.63) is 101 Å². The summed E-state index contributed by atoms with van der Waals surface area (Å²) in [7, 11) is 0. The molecule has 0 aromatic heterocycles. The van der Waals surface area contributed by atoms with Gasteiger partial charge in [0.2, 0.25) is 0 Å². The van der Waals surface area contributed by atoms with Crippen molar-refractivity contribution in [3.63, 3.8) is 0 Å². The van der Waals surface area contributed by atoms with Crippen LogP contribution in [0.3, 0.4) is 0 Å². The van der Waals surface area contributed by atoms with Crippen molar-refractivity contribution in [3.8, 4) is 0 Å². The van der Waals surface area contributed by atoms with Crippen LogP contribution in [0.2, 0.25) is 0 Å². The largest absolute Gasteiger partial charge is 0.348 e. The third-order valence-corrected chi connectivity index (χ3v) is 4.70. The molecular formula is C25H25N3O3. The summed E-state index contributed by atoms with van der Waals surface area (Å²) in [4.78, 5) is 37.2. The molecule has 0 aliphatic carbocycles. The van der Waals surface area contributed by atoms with E-state index in [1.54, 1.807) is 24.3 Å². The molecule has 31 heavy (non-hydrogen) atoms. The van der Waals surface area contributed by atoms with Crippen LogP contribution < -0.4 is 16.0 Å². The molecule has 3 amide bonds. The fourth-order valence-corrected chi connectivity index (χ4v) is 3.15. The second-order valence-electron chi connectivity index (χ2n) is 7.34. The molecule has 0 saturated heterocycles. The maximum atomic E-state index is 12.7. The summed E-state index contributed by atoms with van der Waals surface area (Å²) in [6, 6.07) is 22.1. The van der Waals surface area contributed by atoms with Crippen molar-refractivity contribution in [2.24, 2.45) is 0 Å². The summed E-state index contributed by atoms with van der Waals surface area (Å²) in [5.74, 6) is -1.93. The number of nitrogens with one attached hydrogen (secondary N) is 3. The Labute approximate surface area is 181 Å². The minimum atomic E-state index is -0.827. The lowest BCUT2D eigenvalue weighted by atomic mass is 10.1. The fraction of sp³-hybridized carbons (Fsp3) is 0.160. The number of carbonyl (C=O) groups excluding carboxylic acids is 3. The average molecular weight is 415 g/mol. The zero-order chi connectivity index (χ0) is 22.2. The van der Waals surface area contributed by atoms with Gasteiger partial charge < -0.3 is 16.0 Å². The van der Waals surface area contributed by atoms with E-state index in [0.29, 0.717) is 6.54 Å². The number of amides is 3. The monoisotopic (exact) mass is 415 g/mol. The van der Waals surface area contributed by atoms with E-state index in [1.165, 1.54) is 0 Å². The second kappa shape index (κ2) is 10.2. The minimum Gasteiger partial charge on any atom is -0.348 e. The summed E-state index contributed by atoms with van der Waals surface area (Å²) in [6.07, 6.45) is 0. The fourth-order valence-electron chi connectivity index (χ4n) is 3.15. The summed E-state index contributed by atoms with van der Waals surface area (Å²) < 4.78 is 0. The molecule has 0 aliphatic heterocycles. The highest BCUT2D eigenvalue weighted by molar-refractivity contribution is 6.40. The lowest BCUT2D eigenvalue weighted by Crippen LogP contribution is -2.35. The highest BCUT2D eigenvalue weighted by Crippen LogP contribution is 2.15. The van der Waals surface area contributed by atoms with Crippen LogP contribution in [0.15, 0.2) is 72.8 Å². The number of rotatable bonds is 6. The van der Waals surface area contributed by atoms with Crippen molar-refractivity contribution in [2.45, 2.75) is 26.9 Å². The average Bonchev–Trinajstić information content (AvgIpc) is 2.76. The molecule has 3 aromatic carbocycles. The number of aryl methyl sites for hydroxylation is 2. The number of hydrogen-bond donors (Lipinski definition) is 3. The lowest BCUT2D eigenvalue weighted by molar-refractivity contribution is -0.136. The Morgan fingerprint density at radius 2 is 1.26 bits per heavy atom. The predicted molar refractivity (Wildman–Crippen MR) is 120 cm³/mol. The van der Waals surface area contributed by atoms with Gasteiger partial charge in [-0.05, 0) is 37.1 Å². The first-order chi connectivity index (χ1) is 14.9. The second-order valence-corrected chi connectivity index (χ2v) is 7.34. The summed E-state index contributed by atoms with van der Waals surface area (Å²) >= 11 is 0. The van der Waals surface area contributed by atoms with Crippen LogP contribution in [-0.2, 0) is 22.7 Å². The zero-order valence-electron chi connectivity index (χ0n) is 17.6. The number of anilines is 1. The van der Waals surface area contributed by atoms with Crippen LogP contribution in [0.1, 0.15) is 32.6 Å². The highest BCUT2D eigenvalue weighted by atomic mass is 16.2. The number of hydrogen-bond acceptors (Lipinski definition) is 3. The molecule has 6 nitrogen and oxygen atoms in total. The lowest BCUT2D eigenvalue weighted by Gasteiger charge is -2.12. The molecule has 0 fully saturated rings. The first-order valence-corrected chi connectivity index (χ1v) is 10.00. The first kappa shape index (κ1) is 21.8. The van der Waals surface area contributed by atoms with E-state index in [0.717, 1.165) is 22.3 Å². The van der Waals surface area contributed by atoms with Gasteiger partial charge in [0.05, 0.1) is 11.3 Å². The van der Waals surface area contributed by atoms with Gasteiger partial charge in [-0.15, -0.1) is 0 Å². The van der Waals surface area contributed by atoms with Gasteiger partial charge >= 0.3 is 11.8 Å². The van der Waals surface area contributed by atoms with E-state index >= 15 is 0 Å². The van der Waals surface area contributed by atoms with E-state index in [2.05, 4.69) is 16.0 Å². The van der Waals surface area contributed by atoms with Crippen LogP contribution in [0.5, 0.6) is 0 Å².